The summed E-state index contributed by atoms with van der Waals surface area (Å²) in [4.78, 5) is 10.5. The Kier molecular flexibility index (Phi) is 5.60. The Morgan fingerprint density at radius 2 is 1.62 bits per heavy atom. The van der Waals surface area contributed by atoms with E-state index in [1.54, 1.807) is 12.4 Å². The summed E-state index contributed by atoms with van der Waals surface area (Å²) in [6.07, 6.45) is 5.35. The van der Waals surface area contributed by atoms with E-state index in [2.05, 4.69) is 78.6 Å². The average Bonchev–Trinajstić information content (AvgIpc) is 3.52. The molecule has 1 aromatic heterocycles. The Labute approximate surface area is 249 Å². The molecule has 0 aliphatic carbocycles. The van der Waals surface area contributed by atoms with Crippen molar-refractivity contribution in [1.29, 1.82) is 0 Å². The molecule has 0 bridgehead atoms. The monoisotopic (exact) mass is 641 g/mol. The number of para-hydroxylation sites is 1. The third-order valence-electron chi connectivity index (χ3n) is 7.02. The van der Waals surface area contributed by atoms with Crippen LogP contribution in [-0.2, 0) is 0 Å². The van der Waals surface area contributed by atoms with Gasteiger partial charge in [0.2, 0.25) is 0 Å². The molecule has 0 radical (unpaired) electrons. The second-order valence-electron chi connectivity index (χ2n) is 9.74. The molecule has 6 heteroatoms. The number of hydrogen-bond donors (Lipinski definition) is 0. The zero-order chi connectivity index (χ0) is 29.6. The van der Waals surface area contributed by atoms with Crippen LogP contribution in [-0.4, -0.2) is 44.5 Å². The van der Waals surface area contributed by atoms with E-state index in [0.29, 0.717) is 5.75 Å². The van der Waals surface area contributed by atoms with Gasteiger partial charge in [0.15, 0.2) is 0 Å². The zero-order valence-electron chi connectivity index (χ0n) is 24.9. The van der Waals surface area contributed by atoms with Gasteiger partial charge in [-0.1, -0.05) is 0 Å². The van der Waals surface area contributed by atoms with Crippen molar-refractivity contribution in [3.63, 3.8) is 0 Å². The van der Waals surface area contributed by atoms with Crippen molar-refractivity contribution in [2.24, 2.45) is 0 Å². The molecule has 2 aliphatic rings. The van der Waals surface area contributed by atoms with Gasteiger partial charge in [0.05, 0.1) is 0 Å². The molecule has 0 saturated carbocycles. The van der Waals surface area contributed by atoms with Crippen molar-refractivity contribution in [3.05, 3.63) is 127 Å². The third kappa shape index (κ3) is 4.70. The van der Waals surface area contributed by atoms with Crippen LogP contribution in [0.5, 0.6) is 11.5 Å². The number of rotatable bonds is 5. The second kappa shape index (κ2) is 10.4. The van der Waals surface area contributed by atoms with Crippen molar-refractivity contribution in [3.8, 4) is 22.6 Å². The summed E-state index contributed by atoms with van der Waals surface area (Å²) in [7, 11) is 0. The molecule has 7 rings (SSSR count). The Morgan fingerprint density at radius 1 is 0.800 bits per heavy atom. The third-order valence-corrected chi connectivity index (χ3v) is 10.2. The minimum absolute atomic E-state index is 0.257. The standard InChI is InChI=1S/C34H28N4OTe/c1-24-19-34(35-22-29(24)25-9-4-3-5-10-25)38-30-13-6-7-14-32(30)40-33-16-15-28(21-31(33)38)39-27-12-8-11-26(20-27)37-18-17-36(2)23-37/h3-22H,23H2,1-2H3/i2D3. The van der Waals surface area contributed by atoms with Gasteiger partial charge in [-0.15, -0.1) is 0 Å². The van der Waals surface area contributed by atoms with Crippen LogP contribution in [0.3, 0.4) is 0 Å². The molecule has 0 amide bonds. The number of ether oxygens (including phenoxy) is 1. The maximum absolute atomic E-state index is 7.69. The van der Waals surface area contributed by atoms with Crippen LogP contribution in [0.25, 0.3) is 11.1 Å². The first kappa shape index (κ1) is 21.6. The van der Waals surface area contributed by atoms with E-state index in [0.717, 1.165) is 45.3 Å². The number of fused-ring (bicyclic) bond motifs is 2. The topological polar surface area (TPSA) is 31.8 Å². The minimum atomic E-state index is -2.18. The summed E-state index contributed by atoms with van der Waals surface area (Å²) in [6.45, 7) is 0.218. The number of aryl methyl sites for hydroxylation is 1. The van der Waals surface area contributed by atoms with Gasteiger partial charge in [0, 0.05) is 4.11 Å². The van der Waals surface area contributed by atoms with Gasteiger partial charge in [-0.2, -0.15) is 0 Å². The van der Waals surface area contributed by atoms with E-state index in [1.165, 1.54) is 12.1 Å². The Hall–Kier alpha value is -4.24. The van der Waals surface area contributed by atoms with E-state index in [4.69, 9.17) is 13.8 Å². The normalized spacial score (nSPS) is 15.2. The first-order valence-electron chi connectivity index (χ1n) is 14.6. The number of nitrogens with zero attached hydrogens (tertiary/aromatic N) is 4. The van der Waals surface area contributed by atoms with Gasteiger partial charge >= 0.3 is 246 Å². The molecular weight excluding hydrogens is 608 g/mol. The van der Waals surface area contributed by atoms with Gasteiger partial charge in [0.25, 0.3) is 0 Å². The van der Waals surface area contributed by atoms with Crippen molar-refractivity contribution >= 4 is 51.0 Å². The van der Waals surface area contributed by atoms with Crippen LogP contribution < -0.4 is 21.8 Å². The molecule has 0 spiro atoms. The molecule has 0 N–H and O–H groups in total. The number of hydrogen-bond acceptors (Lipinski definition) is 5. The van der Waals surface area contributed by atoms with E-state index in [1.807, 2.05) is 47.5 Å². The van der Waals surface area contributed by atoms with Crippen molar-refractivity contribution in [2.75, 3.05) is 23.4 Å². The summed E-state index contributed by atoms with van der Waals surface area (Å²) >= 11 is -0.603. The second-order valence-corrected chi connectivity index (χ2v) is 12.8. The Bertz CT molecular complexity index is 1840. The summed E-state index contributed by atoms with van der Waals surface area (Å²) in [5, 5.41) is 0. The maximum atomic E-state index is 7.69. The van der Waals surface area contributed by atoms with Crippen molar-refractivity contribution < 1.29 is 8.85 Å². The number of benzene rings is 4. The zero-order valence-corrected chi connectivity index (χ0v) is 24.2. The molecule has 0 atom stereocenters. The number of aromatic nitrogens is 1. The molecule has 40 heavy (non-hydrogen) atoms. The molecule has 196 valence electrons. The van der Waals surface area contributed by atoms with Crippen LogP contribution in [0, 0.1) is 6.92 Å². The van der Waals surface area contributed by atoms with Crippen LogP contribution in [0.1, 0.15) is 9.68 Å². The first-order chi connectivity index (χ1) is 20.8. The molecule has 0 unspecified atom stereocenters. The fourth-order valence-electron chi connectivity index (χ4n) is 5.08. The quantitative estimate of drug-likeness (QED) is 0.202. The predicted molar refractivity (Wildman–Crippen MR) is 165 cm³/mol. The summed E-state index contributed by atoms with van der Waals surface area (Å²) in [5.41, 5.74) is 6.54. The molecule has 0 fully saturated rings. The molecular formula is C34H28N4OTe. The molecule has 2 aliphatic heterocycles. The number of pyridine rings is 1. The van der Waals surface area contributed by atoms with Crippen LogP contribution in [0.2, 0.25) is 0 Å². The van der Waals surface area contributed by atoms with Crippen LogP contribution >= 0.6 is 0 Å². The fraction of sp³-hybridized carbons (Fsp3) is 0.0882. The van der Waals surface area contributed by atoms with E-state index in [-0.39, 0.29) is 6.67 Å². The van der Waals surface area contributed by atoms with Gasteiger partial charge in [-0.25, -0.2) is 0 Å². The average molecular weight is 639 g/mol. The number of anilines is 4. The summed E-state index contributed by atoms with van der Waals surface area (Å²) in [6, 6.07) is 35.2. The van der Waals surface area contributed by atoms with Crippen LogP contribution in [0.4, 0.5) is 22.9 Å². The van der Waals surface area contributed by atoms with Crippen molar-refractivity contribution in [2.45, 2.75) is 6.92 Å². The summed E-state index contributed by atoms with van der Waals surface area (Å²) < 4.78 is 32.2. The SMILES string of the molecule is [2H]C([2H])([2H])N1C=CN(c2cccc(Oc3ccc4c(c3)N(c3cc(C)c(-c5ccccc5)cn3)c3ccccc3[Te]4)c2)C1. The van der Waals surface area contributed by atoms with Gasteiger partial charge < -0.3 is 0 Å². The molecule has 4 aromatic carbocycles. The predicted octanol–water partition coefficient (Wildman–Crippen LogP) is 6.47. The van der Waals surface area contributed by atoms with Gasteiger partial charge in [0.1, 0.15) is 0 Å². The Balaban J connectivity index is 1.21. The molecule has 5 aromatic rings. The molecule has 0 saturated heterocycles. The van der Waals surface area contributed by atoms with Crippen LogP contribution in [0.15, 0.2) is 122 Å². The first-order valence-corrected chi connectivity index (χ1v) is 15.4. The molecule has 5 nitrogen and oxygen atoms in total. The Morgan fingerprint density at radius 3 is 2.48 bits per heavy atom. The molecule has 3 heterocycles. The van der Waals surface area contributed by atoms with Gasteiger partial charge in [-0.05, 0) is 0 Å². The van der Waals surface area contributed by atoms with E-state index in [9.17, 15) is 0 Å². The summed E-state index contributed by atoms with van der Waals surface area (Å²) in [5.74, 6) is 2.28. The van der Waals surface area contributed by atoms with Crippen molar-refractivity contribution in [1.82, 2.24) is 9.88 Å². The van der Waals surface area contributed by atoms with E-state index >= 15 is 0 Å². The van der Waals surface area contributed by atoms with Gasteiger partial charge in [-0.3, -0.25) is 0 Å². The fourth-order valence-corrected chi connectivity index (χ4v) is 8.04. The van der Waals surface area contributed by atoms with E-state index < -0.39 is 27.9 Å².